The molecule has 0 aromatic heterocycles. The van der Waals surface area contributed by atoms with Crippen LogP contribution < -0.4 is 0 Å². The molecular weight excluding hydrogens is 454 g/mol. The largest absolute Gasteiger partial charge is 0.459 e. The number of carbonyl (C=O) groups is 1. The predicted octanol–water partition coefficient (Wildman–Crippen LogP) is 1.89. The van der Waals surface area contributed by atoms with Crippen LogP contribution in [-0.4, -0.2) is 93.5 Å². The van der Waals surface area contributed by atoms with E-state index in [4.69, 9.17) is 14.2 Å². The lowest BCUT2D eigenvalue weighted by molar-refractivity contribution is -0.262. The number of esters is 1. The summed E-state index contributed by atoms with van der Waals surface area (Å²) in [4.78, 5) is 14.9. The Bertz CT molecular complexity index is 664. The minimum atomic E-state index is -1.28. The van der Waals surface area contributed by atoms with E-state index in [1.807, 2.05) is 20.8 Å². The Morgan fingerprint density at radius 2 is 1.69 bits per heavy atom. The fourth-order valence-electron chi connectivity index (χ4n) is 5.83. The molecule has 2 aliphatic heterocycles. The van der Waals surface area contributed by atoms with Gasteiger partial charge >= 0.3 is 5.97 Å². The zero-order chi connectivity index (χ0) is 26.7. The Balaban J connectivity index is 2.34. The minimum Gasteiger partial charge on any atom is -0.459 e. The van der Waals surface area contributed by atoms with Crippen LogP contribution in [0.2, 0.25) is 0 Å². The maximum absolute atomic E-state index is 13.2. The van der Waals surface area contributed by atoms with E-state index in [0.717, 1.165) is 0 Å². The first kappa shape index (κ1) is 30.4. The summed E-state index contributed by atoms with van der Waals surface area (Å²) >= 11 is 0. The van der Waals surface area contributed by atoms with E-state index in [1.54, 1.807) is 39.6 Å². The topological polar surface area (TPSA) is 129 Å². The lowest BCUT2D eigenvalue weighted by Crippen LogP contribution is -2.51. The molecule has 0 saturated carbocycles. The minimum absolute atomic E-state index is 0.0260. The summed E-state index contributed by atoms with van der Waals surface area (Å²) in [5.74, 6) is -1.45. The molecule has 35 heavy (non-hydrogen) atoms. The zero-order valence-electron chi connectivity index (χ0n) is 22.8. The Morgan fingerprint density at radius 3 is 2.26 bits per heavy atom. The van der Waals surface area contributed by atoms with E-state index < -0.39 is 60.5 Å². The number of ether oxygens (including phenoxy) is 3. The summed E-state index contributed by atoms with van der Waals surface area (Å²) in [5, 5.41) is 43.0. The van der Waals surface area contributed by atoms with E-state index in [-0.39, 0.29) is 17.8 Å². The molecular formula is C26H49NO8. The molecule has 0 aromatic carbocycles. The SMILES string of the molecule is CC[C@H]1OC(=O)C(C)[C@@H](O[C@H]2CC(C)[C@@H](O)C(C)O2)[C@H](C)C[C@](C)(O)C[C@@H](C)CN(C)C(O)C1O. The smallest absolute Gasteiger partial charge is 0.311 e. The molecule has 2 fully saturated rings. The standard InChI is InChI=1S/C26H49NO8/c1-9-19-22(29)24(30)27(8)13-14(2)11-26(7,32)12-16(4)23(17(5)25(31)34-19)35-20-10-15(3)21(28)18(6)33-20/h14-24,28-30,32H,9-13H2,1-8H3/t14-,15?,16-,17?,18?,19-,20+,21-,22?,23+,24?,26-/m1/s1. The maximum Gasteiger partial charge on any atom is 0.311 e. The van der Waals surface area contributed by atoms with E-state index in [9.17, 15) is 25.2 Å². The highest BCUT2D eigenvalue weighted by Crippen LogP contribution is 2.34. The molecule has 0 spiro atoms. The summed E-state index contributed by atoms with van der Waals surface area (Å²) in [6.07, 6.45) is -3.87. The van der Waals surface area contributed by atoms with Crippen LogP contribution in [0.3, 0.4) is 0 Å². The van der Waals surface area contributed by atoms with Crippen LogP contribution in [0.4, 0.5) is 0 Å². The van der Waals surface area contributed by atoms with Crippen molar-refractivity contribution >= 4 is 5.97 Å². The van der Waals surface area contributed by atoms with E-state index in [0.29, 0.717) is 32.2 Å². The van der Waals surface area contributed by atoms with Crippen molar-refractivity contribution in [1.82, 2.24) is 4.90 Å². The number of hydrogen-bond donors (Lipinski definition) is 4. The van der Waals surface area contributed by atoms with Crippen LogP contribution >= 0.6 is 0 Å². The molecule has 4 N–H and O–H groups in total. The molecule has 206 valence electrons. The number of nitrogens with zero attached hydrogens (tertiary/aromatic N) is 1. The number of likely N-dealkylation sites (N-methyl/N-ethyl adjacent to an activating group) is 1. The highest BCUT2D eigenvalue weighted by molar-refractivity contribution is 5.73. The van der Waals surface area contributed by atoms with Crippen molar-refractivity contribution in [3.8, 4) is 0 Å². The van der Waals surface area contributed by atoms with Crippen molar-refractivity contribution in [2.45, 2.75) is 123 Å². The molecule has 0 aliphatic carbocycles. The van der Waals surface area contributed by atoms with Crippen LogP contribution in [0.5, 0.6) is 0 Å². The van der Waals surface area contributed by atoms with Gasteiger partial charge in [-0.1, -0.05) is 27.7 Å². The second kappa shape index (κ2) is 12.6. The summed E-state index contributed by atoms with van der Waals surface area (Å²) in [6, 6.07) is 0. The van der Waals surface area contributed by atoms with Gasteiger partial charge < -0.3 is 34.6 Å². The van der Waals surface area contributed by atoms with Gasteiger partial charge in [-0.2, -0.15) is 0 Å². The number of rotatable bonds is 3. The van der Waals surface area contributed by atoms with Crippen molar-refractivity contribution in [1.29, 1.82) is 0 Å². The van der Waals surface area contributed by atoms with Crippen LogP contribution in [0.25, 0.3) is 0 Å². The lowest BCUT2D eigenvalue weighted by atomic mass is 9.80. The van der Waals surface area contributed by atoms with Gasteiger partial charge in [-0.05, 0) is 64.8 Å². The van der Waals surface area contributed by atoms with Crippen LogP contribution in [0.15, 0.2) is 0 Å². The second-order valence-corrected chi connectivity index (χ2v) is 11.6. The summed E-state index contributed by atoms with van der Waals surface area (Å²) < 4.78 is 18.0. The van der Waals surface area contributed by atoms with Crippen molar-refractivity contribution in [3.05, 3.63) is 0 Å². The normalized spacial score (nSPS) is 47.7. The molecule has 9 heteroatoms. The number of carbonyl (C=O) groups excluding carboxylic acids is 1. The van der Waals surface area contributed by atoms with E-state index in [2.05, 4.69) is 0 Å². The Kier molecular flexibility index (Phi) is 11.0. The molecule has 0 aromatic rings. The van der Waals surface area contributed by atoms with Crippen LogP contribution in [0, 0.1) is 23.7 Å². The Hall–Kier alpha value is -0.810. The first-order valence-corrected chi connectivity index (χ1v) is 13.1. The second-order valence-electron chi connectivity index (χ2n) is 11.6. The Labute approximate surface area is 210 Å². The molecule has 5 unspecified atom stereocenters. The van der Waals surface area contributed by atoms with Crippen LogP contribution in [-0.2, 0) is 19.0 Å². The van der Waals surface area contributed by atoms with Gasteiger partial charge in [0.25, 0.3) is 0 Å². The molecule has 2 saturated heterocycles. The third kappa shape index (κ3) is 8.09. The van der Waals surface area contributed by atoms with Gasteiger partial charge in [-0.15, -0.1) is 0 Å². The lowest BCUT2D eigenvalue weighted by Gasteiger charge is -2.41. The summed E-state index contributed by atoms with van der Waals surface area (Å²) in [5.41, 5.74) is -1.03. The molecule has 2 aliphatic rings. The fourth-order valence-corrected chi connectivity index (χ4v) is 5.83. The third-order valence-corrected chi connectivity index (χ3v) is 7.69. The summed E-state index contributed by atoms with van der Waals surface area (Å²) in [6.45, 7) is 13.4. The quantitative estimate of drug-likeness (QED) is 0.427. The first-order chi connectivity index (χ1) is 16.2. The van der Waals surface area contributed by atoms with Crippen molar-refractivity contribution in [2.24, 2.45) is 23.7 Å². The van der Waals surface area contributed by atoms with E-state index in [1.165, 1.54) is 0 Å². The van der Waals surface area contributed by atoms with Crippen molar-refractivity contribution in [2.75, 3.05) is 13.6 Å². The monoisotopic (exact) mass is 503 g/mol. The number of cyclic esters (lactones) is 1. The van der Waals surface area contributed by atoms with Crippen molar-refractivity contribution in [3.63, 3.8) is 0 Å². The van der Waals surface area contributed by atoms with Crippen LogP contribution in [0.1, 0.15) is 74.1 Å². The fraction of sp³-hybridized carbons (Fsp3) is 0.962. The molecule has 2 heterocycles. The molecule has 0 bridgehead atoms. The highest BCUT2D eigenvalue weighted by atomic mass is 16.7. The maximum atomic E-state index is 13.2. The van der Waals surface area contributed by atoms with Gasteiger partial charge in [0, 0.05) is 13.0 Å². The summed E-state index contributed by atoms with van der Waals surface area (Å²) in [7, 11) is 1.71. The molecule has 2 rings (SSSR count). The third-order valence-electron chi connectivity index (χ3n) is 7.69. The average molecular weight is 504 g/mol. The highest BCUT2D eigenvalue weighted by Gasteiger charge is 2.42. The zero-order valence-corrected chi connectivity index (χ0v) is 22.8. The van der Waals surface area contributed by atoms with Gasteiger partial charge in [0.2, 0.25) is 0 Å². The van der Waals surface area contributed by atoms with Gasteiger partial charge in [0.05, 0.1) is 29.8 Å². The van der Waals surface area contributed by atoms with Crippen molar-refractivity contribution < 1.29 is 39.4 Å². The van der Waals surface area contributed by atoms with Gasteiger partial charge in [-0.3, -0.25) is 9.69 Å². The molecule has 0 radical (unpaired) electrons. The molecule has 9 nitrogen and oxygen atoms in total. The predicted molar refractivity (Wildman–Crippen MR) is 131 cm³/mol. The Morgan fingerprint density at radius 1 is 1.06 bits per heavy atom. The average Bonchev–Trinajstić information content (AvgIpc) is 2.75. The van der Waals surface area contributed by atoms with E-state index >= 15 is 0 Å². The molecule has 12 atom stereocenters. The number of aliphatic hydroxyl groups is 4. The number of aliphatic hydroxyl groups excluding tert-OH is 3. The van der Waals surface area contributed by atoms with Gasteiger partial charge in [0.1, 0.15) is 18.4 Å². The van der Waals surface area contributed by atoms with Gasteiger partial charge in [-0.25, -0.2) is 0 Å². The first-order valence-electron chi connectivity index (χ1n) is 13.1. The van der Waals surface area contributed by atoms with Gasteiger partial charge in [0.15, 0.2) is 6.29 Å². The molecule has 0 amide bonds. The number of hydrogen-bond acceptors (Lipinski definition) is 9.